The molecule has 0 aliphatic carbocycles. The van der Waals surface area contributed by atoms with Gasteiger partial charge in [0.15, 0.2) is 0 Å². The smallest absolute Gasteiger partial charge is 0.0187 e. The summed E-state index contributed by atoms with van der Waals surface area (Å²) < 4.78 is 0. The van der Waals surface area contributed by atoms with Gasteiger partial charge in [0.1, 0.15) is 0 Å². The maximum atomic E-state index is 4.00. The highest BCUT2D eigenvalue weighted by atomic mass is 32.2. The highest BCUT2D eigenvalue weighted by Crippen LogP contribution is 2.19. The fourth-order valence-electron chi connectivity index (χ4n) is 2.84. The maximum absolute atomic E-state index is 4.00. The van der Waals surface area contributed by atoms with E-state index in [0.717, 1.165) is 18.6 Å². The van der Waals surface area contributed by atoms with Gasteiger partial charge in [-0.05, 0) is 57.2 Å². The molecule has 0 saturated carbocycles. The van der Waals surface area contributed by atoms with E-state index in [4.69, 9.17) is 0 Å². The summed E-state index contributed by atoms with van der Waals surface area (Å²) in [6.07, 6.45) is 5.38. The van der Waals surface area contributed by atoms with Crippen LogP contribution in [-0.2, 0) is 0 Å². The van der Waals surface area contributed by atoms with Crippen LogP contribution in [0.4, 0.5) is 0 Å². The van der Waals surface area contributed by atoms with Gasteiger partial charge in [-0.1, -0.05) is 12.2 Å². The number of nitrogens with one attached hydrogen (secondary N) is 1. The minimum absolute atomic E-state index is 0.768. The van der Waals surface area contributed by atoms with Crippen molar-refractivity contribution in [1.29, 1.82) is 0 Å². The van der Waals surface area contributed by atoms with Crippen molar-refractivity contribution in [1.82, 2.24) is 10.2 Å². The predicted molar refractivity (Wildman–Crippen MR) is 77.8 cm³/mol. The Morgan fingerprint density at radius 2 is 1.76 bits per heavy atom. The summed E-state index contributed by atoms with van der Waals surface area (Å²) >= 11 is 2.11. The lowest BCUT2D eigenvalue weighted by Crippen LogP contribution is -2.47. The van der Waals surface area contributed by atoms with E-state index in [-0.39, 0.29) is 0 Å². The molecule has 98 valence electrons. The Balaban J connectivity index is 1.66. The van der Waals surface area contributed by atoms with Crippen molar-refractivity contribution >= 4 is 11.8 Å². The van der Waals surface area contributed by atoms with E-state index in [0.29, 0.717) is 0 Å². The molecule has 2 nitrogen and oxygen atoms in total. The number of nitrogens with zero attached hydrogens (tertiary/aromatic N) is 1. The Hall–Kier alpha value is 0.0100. The molecule has 0 unspecified atom stereocenters. The largest absolute Gasteiger partial charge is 0.311 e. The van der Waals surface area contributed by atoms with Gasteiger partial charge in [0.2, 0.25) is 0 Å². The zero-order valence-electron chi connectivity index (χ0n) is 11.1. The van der Waals surface area contributed by atoms with Crippen molar-refractivity contribution in [3.05, 3.63) is 12.2 Å². The van der Waals surface area contributed by atoms with Crippen LogP contribution in [0.5, 0.6) is 0 Å². The number of likely N-dealkylation sites (tertiary alicyclic amines) is 1. The van der Waals surface area contributed by atoms with Crippen LogP contribution in [0, 0.1) is 0 Å². The van der Waals surface area contributed by atoms with Crippen molar-refractivity contribution in [2.24, 2.45) is 0 Å². The molecule has 0 spiro atoms. The normalized spacial score (nSPS) is 25.0. The van der Waals surface area contributed by atoms with Crippen LogP contribution in [0.2, 0.25) is 0 Å². The molecule has 3 heteroatoms. The highest BCUT2D eigenvalue weighted by Gasteiger charge is 2.22. The van der Waals surface area contributed by atoms with Crippen LogP contribution < -0.4 is 5.32 Å². The lowest BCUT2D eigenvalue weighted by atomic mass is 10.0. The Morgan fingerprint density at radius 3 is 2.35 bits per heavy atom. The molecule has 2 heterocycles. The first-order valence-electron chi connectivity index (χ1n) is 6.94. The molecule has 2 aliphatic rings. The van der Waals surface area contributed by atoms with Crippen LogP contribution in [0.1, 0.15) is 32.6 Å². The maximum Gasteiger partial charge on any atom is 0.0187 e. The lowest BCUT2D eigenvalue weighted by molar-refractivity contribution is 0.201. The molecule has 0 radical (unpaired) electrons. The summed E-state index contributed by atoms with van der Waals surface area (Å²) in [6.45, 7) is 9.71. The van der Waals surface area contributed by atoms with Crippen LogP contribution in [0.25, 0.3) is 0 Å². The molecule has 0 atom stereocenters. The van der Waals surface area contributed by atoms with E-state index in [9.17, 15) is 0 Å². The van der Waals surface area contributed by atoms with Crippen LogP contribution in [0.3, 0.4) is 0 Å². The first-order chi connectivity index (χ1) is 8.24. The average molecular weight is 254 g/mol. The Labute approximate surface area is 110 Å². The third-order valence-electron chi connectivity index (χ3n) is 3.77. The fraction of sp³-hybridized carbons (Fsp3) is 0.857. The third kappa shape index (κ3) is 4.65. The number of thioether (sulfide) groups is 1. The molecular formula is C14H26N2S. The van der Waals surface area contributed by atoms with E-state index in [1.807, 2.05) is 0 Å². The fourth-order valence-corrected chi connectivity index (χ4v) is 3.94. The van der Waals surface area contributed by atoms with Crippen LogP contribution in [-0.4, -0.2) is 48.1 Å². The molecule has 2 fully saturated rings. The second kappa shape index (κ2) is 6.81. The first kappa shape index (κ1) is 13.4. The molecule has 0 aromatic carbocycles. The summed E-state index contributed by atoms with van der Waals surface area (Å²) in [4.78, 5) is 2.54. The van der Waals surface area contributed by atoms with Crippen molar-refractivity contribution < 1.29 is 0 Å². The minimum Gasteiger partial charge on any atom is -0.311 e. The third-order valence-corrected chi connectivity index (χ3v) is 4.82. The van der Waals surface area contributed by atoms with Crippen LogP contribution in [0.15, 0.2) is 12.2 Å². The van der Waals surface area contributed by atoms with Crippen molar-refractivity contribution in [2.75, 3.05) is 31.1 Å². The number of hydrogen-bond donors (Lipinski definition) is 1. The quantitative estimate of drug-likeness (QED) is 0.776. The average Bonchev–Trinajstić information content (AvgIpc) is 2.32. The topological polar surface area (TPSA) is 15.3 Å². The van der Waals surface area contributed by atoms with E-state index < -0.39 is 0 Å². The van der Waals surface area contributed by atoms with E-state index >= 15 is 0 Å². The Morgan fingerprint density at radius 1 is 1.18 bits per heavy atom. The van der Waals surface area contributed by atoms with E-state index in [1.165, 1.54) is 55.9 Å². The van der Waals surface area contributed by atoms with Gasteiger partial charge >= 0.3 is 0 Å². The second-order valence-corrected chi connectivity index (χ2v) is 6.79. The van der Waals surface area contributed by atoms with Gasteiger partial charge in [-0.25, -0.2) is 0 Å². The van der Waals surface area contributed by atoms with E-state index in [2.05, 4.69) is 35.5 Å². The monoisotopic (exact) mass is 254 g/mol. The lowest BCUT2D eigenvalue weighted by Gasteiger charge is -2.35. The van der Waals surface area contributed by atoms with Gasteiger partial charge in [-0.3, -0.25) is 4.90 Å². The molecule has 0 amide bonds. The summed E-state index contributed by atoms with van der Waals surface area (Å²) in [6, 6.07) is 1.57. The summed E-state index contributed by atoms with van der Waals surface area (Å²) in [7, 11) is 0. The molecule has 0 bridgehead atoms. The summed E-state index contributed by atoms with van der Waals surface area (Å²) in [5.74, 6) is 2.71. The van der Waals surface area contributed by atoms with Gasteiger partial charge in [-0.2, -0.15) is 11.8 Å². The summed E-state index contributed by atoms with van der Waals surface area (Å²) in [5, 5.41) is 3.87. The zero-order valence-corrected chi connectivity index (χ0v) is 11.9. The van der Waals surface area contributed by atoms with Crippen LogP contribution >= 0.6 is 11.8 Å². The molecule has 17 heavy (non-hydrogen) atoms. The molecule has 0 aromatic heterocycles. The van der Waals surface area contributed by atoms with E-state index in [1.54, 1.807) is 0 Å². The van der Waals surface area contributed by atoms with Gasteiger partial charge in [0.05, 0.1) is 0 Å². The SMILES string of the molecule is C=C(C)CN1CCC(NC2CCSCC2)CC1. The number of rotatable bonds is 4. The first-order valence-corrected chi connectivity index (χ1v) is 8.10. The number of hydrogen-bond acceptors (Lipinski definition) is 3. The number of piperidine rings is 1. The van der Waals surface area contributed by atoms with Gasteiger partial charge in [0, 0.05) is 18.6 Å². The minimum atomic E-state index is 0.768. The Bertz CT molecular complexity index is 241. The Kier molecular flexibility index (Phi) is 5.39. The molecular weight excluding hydrogens is 228 g/mol. The van der Waals surface area contributed by atoms with Gasteiger partial charge in [0.25, 0.3) is 0 Å². The van der Waals surface area contributed by atoms with Crippen molar-refractivity contribution in [3.8, 4) is 0 Å². The summed E-state index contributed by atoms with van der Waals surface area (Å²) in [5.41, 5.74) is 1.29. The van der Waals surface area contributed by atoms with Crippen molar-refractivity contribution in [2.45, 2.75) is 44.7 Å². The molecule has 2 rings (SSSR count). The molecule has 2 saturated heterocycles. The highest BCUT2D eigenvalue weighted by molar-refractivity contribution is 7.99. The van der Waals surface area contributed by atoms with Gasteiger partial charge < -0.3 is 5.32 Å². The van der Waals surface area contributed by atoms with Crippen molar-refractivity contribution in [3.63, 3.8) is 0 Å². The standard InChI is InChI=1S/C14H26N2S/c1-12(2)11-16-7-3-13(4-8-16)15-14-5-9-17-10-6-14/h13-15H,1,3-11H2,2H3. The molecule has 1 N–H and O–H groups in total. The molecule has 2 aliphatic heterocycles. The zero-order chi connectivity index (χ0) is 12.1. The predicted octanol–water partition coefficient (Wildman–Crippen LogP) is 2.51. The molecule has 0 aromatic rings. The second-order valence-electron chi connectivity index (χ2n) is 5.56. The van der Waals surface area contributed by atoms with Gasteiger partial charge in [-0.15, -0.1) is 0 Å².